The van der Waals surface area contributed by atoms with Crippen LogP contribution in [-0.4, -0.2) is 38.4 Å². The molecule has 0 aromatic heterocycles. The Balaban J connectivity index is 2.34. The third-order valence-corrected chi connectivity index (χ3v) is 6.82. The first-order valence-corrected chi connectivity index (χ1v) is 9.75. The molecule has 1 saturated heterocycles. The van der Waals surface area contributed by atoms with E-state index in [4.69, 9.17) is 11.6 Å². The SMILES string of the molecule is CCCN(C1CCNCC1)S(=O)(=O)c1ccc(Cl)c(Br)c1. The summed E-state index contributed by atoms with van der Waals surface area (Å²) in [6.07, 6.45) is 2.51. The molecule has 0 spiro atoms. The van der Waals surface area contributed by atoms with Gasteiger partial charge in [0.25, 0.3) is 0 Å². The van der Waals surface area contributed by atoms with Crippen LogP contribution in [0.4, 0.5) is 0 Å². The maximum Gasteiger partial charge on any atom is 0.243 e. The first-order chi connectivity index (χ1) is 9.96. The second-order valence-corrected chi connectivity index (χ2v) is 8.32. The summed E-state index contributed by atoms with van der Waals surface area (Å²) < 4.78 is 28.1. The summed E-state index contributed by atoms with van der Waals surface area (Å²) in [5.74, 6) is 0. The Morgan fingerprint density at radius 1 is 1.38 bits per heavy atom. The number of benzene rings is 1. The molecule has 7 heteroatoms. The van der Waals surface area contributed by atoms with Crippen LogP contribution < -0.4 is 5.32 Å². The Hall–Kier alpha value is -0.140. The molecule has 0 aliphatic carbocycles. The Bertz CT molecular complexity index is 589. The van der Waals surface area contributed by atoms with Gasteiger partial charge in [0.05, 0.1) is 9.92 Å². The van der Waals surface area contributed by atoms with Gasteiger partial charge in [-0.15, -0.1) is 0 Å². The lowest BCUT2D eigenvalue weighted by atomic mass is 10.1. The van der Waals surface area contributed by atoms with Crippen LogP contribution in [0.3, 0.4) is 0 Å². The first-order valence-electron chi connectivity index (χ1n) is 7.14. The van der Waals surface area contributed by atoms with E-state index < -0.39 is 10.0 Å². The van der Waals surface area contributed by atoms with Gasteiger partial charge < -0.3 is 5.32 Å². The van der Waals surface area contributed by atoms with Gasteiger partial charge in [0.1, 0.15) is 0 Å². The quantitative estimate of drug-likeness (QED) is 0.832. The smallest absolute Gasteiger partial charge is 0.243 e. The van der Waals surface area contributed by atoms with E-state index >= 15 is 0 Å². The van der Waals surface area contributed by atoms with E-state index in [0.29, 0.717) is 20.9 Å². The Morgan fingerprint density at radius 3 is 2.62 bits per heavy atom. The zero-order valence-electron chi connectivity index (χ0n) is 12.0. The van der Waals surface area contributed by atoms with Gasteiger partial charge in [-0.2, -0.15) is 4.31 Å². The average Bonchev–Trinajstić information content (AvgIpc) is 2.48. The fraction of sp³-hybridized carbons (Fsp3) is 0.571. The lowest BCUT2D eigenvalue weighted by molar-refractivity contribution is 0.262. The highest BCUT2D eigenvalue weighted by atomic mass is 79.9. The van der Waals surface area contributed by atoms with Crippen molar-refractivity contribution in [2.45, 2.75) is 37.1 Å². The number of nitrogens with zero attached hydrogens (tertiary/aromatic N) is 1. The van der Waals surface area contributed by atoms with Crippen LogP contribution in [-0.2, 0) is 10.0 Å². The molecule has 0 radical (unpaired) electrons. The predicted octanol–water partition coefficient (Wildman–Crippen LogP) is 3.26. The molecule has 1 fully saturated rings. The topological polar surface area (TPSA) is 49.4 Å². The number of piperidine rings is 1. The Morgan fingerprint density at radius 2 is 2.05 bits per heavy atom. The maximum atomic E-state index is 12.9. The summed E-state index contributed by atoms with van der Waals surface area (Å²) in [7, 11) is -3.49. The van der Waals surface area contributed by atoms with E-state index in [2.05, 4.69) is 21.2 Å². The monoisotopic (exact) mass is 394 g/mol. The third kappa shape index (κ3) is 3.99. The molecular formula is C14H20BrClN2O2S. The first kappa shape index (κ1) is 17.2. The largest absolute Gasteiger partial charge is 0.317 e. The minimum atomic E-state index is -3.49. The van der Waals surface area contributed by atoms with E-state index in [-0.39, 0.29) is 6.04 Å². The highest BCUT2D eigenvalue weighted by molar-refractivity contribution is 9.10. The van der Waals surface area contributed by atoms with Crippen molar-refractivity contribution < 1.29 is 8.42 Å². The van der Waals surface area contributed by atoms with Crippen LogP contribution in [0.5, 0.6) is 0 Å². The van der Waals surface area contributed by atoms with Gasteiger partial charge in [0.15, 0.2) is 0 Å². The molecule has 0 atom stereocenters. The van der Waals surface area contributed by atoms with Crippen LogP contribution in [0.1, 0.15) is 26.2 Å². The van der Waals surface area contributed by atoms with Crippen molar-refractivity contribution in [1.29, 1.82) is 0 Å². The summed E-state index contributed by atoms with van der Waals surface area (Å²) in [5, 5.41) is 3.78. The lowest BCUT2D eigenvalue weighted by Gasteiger charge is -2.33. The molecule has 1 N–H and O–H groups in total. The van der Waals surface area contributed by atoms with Crippen LogP contribution in [0, 0.1) is 0 Å². The fourth-order valence-electron chi connectivity index (χ4n) is 2.59. The highest BCUT2D eigenvalue weighted by Gasteiger charge is 2.31. The Kier molecular flexibility index (Phi) is 6.08. The molecule has 0 bridgehead atoms. The van der Waals surface area contributed by atoms with Crippen molar-refractivity contribution in [3.63, 3.8) is 0 Å². The number of nitrogens with one attached hydrogen (secondary N) is 1. The molecule has 1 aromatic carbocycles. The lowest BCUT2D eigenvalue weighted by Crippen LogP contribution is -2.46. The normalized spacial score (nSPS) is 17.3. The third-order valence-electron chi connectivity index (χ3n) is 3.66. The predicted molar refractivity (Wildman–Crippen MR) is 89.2 cm³/mol. The number of sulfonamides is 1. The molecule has 118 valence electrons. The van der Waals surface area contributed by atoms with Gasteiger partial charge in [-0.25, -0.2) is 8.42 Å². The standard InChI is InChI=1S/C14H20BrClN2O2S/c1-2-9-18(11-5-7-17-8-6-11)21(19,20)12-3-4-14(16)13(15)10-12/h3-4,10-11,17H,2,5-9H2,1H3. The molecule has 1 heterocycles. The number of rotatable bonds is 5. The summed E-state index contributed by atoms with van der Waals surface area (Å²) in [5.41, 5.74) is 0. The minimum Gasteiger partial charge on any atom is -0.317 e. The molecule has 0 amide bonds. The van der Waals surface area contributed by atoms with Gasteiger partial charge in [-0.05, 0) is 66.5 Å². The van der Waals surface area contributed by atoms with E-state index in [9.17, 15) is 8.42 Å². The van der Waals surface area contributed by atoms with Crippen molar-refractivity contribution in [1.82, 2.24) is 9.62 Å². The van der Waals surface area contributed by atoms with E-state index in [0.717, 1.165) is 32.4 Å². The number of hydrogen-bond acceptors (Lipinski definition) is 3. The molecule has 1 aliphatic heterocycles. The van der Waals surface area contributed by atoms with Crippen molar-refractivity contribution in [3.8, 4) is 0 Å². The van der Waals surface area contributed by atoms with Gasteiger partial charge >= 0.3 is 0 Å². The van der Waals surface area contributed by atoms with E-state index in [1.54, 1.807) is 22.5 Å². The molecule has 4 nitrogen and oxygen atoms in total. The molecule has 2 rings (SSSR count). The fourth-order valence-corrected chi connectivity index (χ4v) is 5.04. The van der Waals surface area contributed by atoms with E-state index in [1.165, 1.54) is 0 Å². The van der Waals surface area contributed by atoms with Crippen molar-refractivity contribution in [2.24, 2.45) is 0 Å². The number of hydrogen-bond donors (Lipinski definition) is 1. The van der Waals surface area contributed by atoms with E-state index in [1.807, 2.05) is 6.92 Å². The van der Waals surface area contributed by atoms with Crippen LogP contribution >= 0.6 is 27.5 Å². The summed E-state index contributed by atoms with van der Waals surface area (Å²) in [6, 6.07) is 4.85. The van der Waals surface area contributed by atoms with Crippen molar-refractivity contribution in [2.75, 3.05) is 19.6 Å². The molecular weight excluding hydrogens is 376 g/mol. The minimum absolute atomic E-state index is 0.0747. The van der Waals surface area contributed by atoms with Crippen molar-refractivity contribution in [3.05, 3.63) is 27.7 Å². The van der Waals surface area contributed by atoms with Crippen LogP contribution in [0.2, 0.25) is 5.02 Å². The van der Waals surface area contributed by atoms with Gasteiger partial charge in [-0.1, -0.05) is 18.5 Å². The molecule has 0 unspecified atom stereocenters. The second-order valence-electron chi connectivity index (χ2n) is 5.17. The number of halogens is 2. The van der Waals surface area contributed by atoms with Gasteiger partial charge in [0.2, 0.25) is 10.0 Å². The summed E-state index contributed by atoms with van der Waals surface area (Å²) in [6.45, 7) is 4.28. The zero-order valence-corrected chi connectivity index (χ0v) is 15.1. The second kappa shape index (κ2) is 7.42. The van der Waals surface area contributed by atoms with Gasteiger partial charge in [-0.3, -0.25) is 0 Å². The molecule has 1 aromatic rings. The molecule has 21 heavy (non-hydrogen) atoms. The van der Waals surface area contributed by atoms with Crippen molar-refractivity contribution >= 4 is 37.6 Å². The average molecular weight is 396 g/mol. The molecule has 1 aliphatic rings. The Labute approximate surface area is 140 Å². The maximum absolute atomic E-state index is 12.9. The van der Waals surface area contributed by atoms with Gasteiger partial charge in [0, 0.05) is 17.1 Å². The van der Waals surface area contributed by atoms with Crippen LogP contribution in [0.15, 0.2) is 27.6 Å². The summed E-state index contributed by atoms with van der Waals surface area (Å²) >= 11 is 9.25. The highest BCUT2D eigenvalue weighted by Crippen LogP contribution is 2.29. The zero-order chi connectivity index (χ0) is 15.5. The van der Waals surface area contributed by atoms with Crippen LogP contribution in [0.25, 0.3) is 0 Å². The summed E-state index contributed by atoms with van der Waals surface area (Å²) in [4.78, 5) is 0.297. The molecule has 0 saturated carbocycles.